The molecule has 2 N–H and O–H groups in total. The van der Waals surface area contributed by atoms with Crippen LogP contribution in [0, 0.1) is 0 Å². The van der Waals surface area contributed by atoms with Crippen molar-refractivity contribution in [2.75, 3.05) is 37.1 Å². The minimum atomic E-state index is -4.57. The Balaban J connectivity index is 1.59. The van der Waals surface area contributed by atoms with E-state index in [-0.39, 0.29) is 31.2 Å². The van der Waals surface area contributed by atoms with Crippen LogP contribution in [0.25, 0.3) is 5.69 Å². The van der Waals surface area contributed by atoms with Crippen LogP contribution in [-0.2, 0) is 17.4 Å². The molecule has 0 saturated carbocycles. The molecule has 1 amide bonds. The zero-order valence-electron chi connectivity index (χ0n) is 21.7. The number of aliphatic hydroxyl groups excluding tert-OH is 1. The number of carbonyl (C=O) groups excluding carboxylic acids is 1. The number of nitrogens with zero attached hydrogens (tertiary/aromatic N) is 4. The summed E-state index contributed by atoms with van der Waals surface area (Å²) < 4.78 is 53.3. The van der Waals surface area contributed by atoms with E-state index in [9.17, 15) is 23.1 Å². The largest absolute Gasteiger partial charge is 0.497 e. The van der Waals surface area contributed by atoms with Crippen LogP contribution in [0.4, 0.5) is 24.5 Å². The summed E-state index contributed by atoms with van der Waals surface area (Å²) in [4.78, 5) is 19.5. The van der Waals surface area contributed by atoms with Crippen molar-refractivity contribution >= 4 is 28.9 Å². The lowest BCUT2D eigenvalue weighted by molar-refractivity contribution is -0.137. The van der Waals surface area contributed by atoms with E-state index >= 15 is 0 Å². The second kappa shape index (κ2) is 11.7. The first-order valence-corrected chi connectivity index (χ1v) is 12.9. The lowest BCUT2D eigenvalue weighted by atomic mass is 10.0. The quantitative estimate of drug-likeness (QED) is 0.282. The highest BCUT2D eigenvalue weighted by atomic mass is 35.5. The lowest BCUT2D eigenvalue weighted by Crippen LogP contribution is -2.37. The minimum absolute atomic E-state index is 0.0641. The monoisotopic (exact) mass is 587 g/mol. The Morgan fingerprint density at radius 3 is 2.71 bits per heavy atom. The zero-order valence-corrected chi connectivity index (χ0v) is 22.5. The number of amides is 1. The second-order valence-electron chi connectivity index (χ2n) is 9.17. The topological polar surface area (TPSA) is 102 Å². The highest BCUT2D eigenvalue weighted by Gasteiger charge is 2.36. The summed E-state index contributed by atoms with van der Waals surface area (Å²) in [5.74, 6) is 0.186. The Morgan fingerprint density at radius 1 is 1.17 bits per heavy atom. The van der Waals surface area contributed by atoms with Gasteiger partial charge < -0.3 is 24.8 Å². The van der Waals surface area contributed by atoms with Crippen molar-refractivity contribution in [2.24, 2.45) is 0 Å². The molecule has 0 bridgehead atoms. The van der Waals surface area contributed by atoms with Crippen molar-refractivity contribution in [1.82, 2.24) is 14.8 Å². The van der Waals surface area contributed by atoms with Crippen LogP contribution in [0.2, 0.25) is 5.02 Å². The minimum Gasteiger partial charge on any atom is -0.497 e. The lowest BCUT2D eigenvalue weighted by Gasteiger charge is -2.28. The number of benzene rings is 3. The first-order valence-electron chi connectivity index (χ1n) is 12.5. The number of rotatable bonds is 9. The van der Waals surface area contributed by atoms with Crippen molar-refractivity contribution in [2.45, 2.75) is 18.6 Å². The number of alkyl halides is 3. The van der Waals surface area contributed by atoms with E-state index in [2.05, 4.69) is 15.4 Å². The van der Waals surface area contributed by atoms with E-state index in [0.717, 1.165) is 12.1 Å². The van der Waals surface area contributed by atoms with Gasteiger partial charge in [-0.3, -0.25) is 4.79 Å². The van der Waals surface area contributed by atoms with E-state index in [0.29, 0.717) is 39.7 Å². The molecule has 4 aromatic rings. The van der Waals surface area contributed by atoms with E-state index in [1.165, 1.54) is 41.5 Å². The van der Waals surface area contributed by atoms with Gasteiger partial charge in [0.1, 0.15) is 36.8 Å². The predicted octanol–water partition coefficient (Wildman–Crippen LogP) is 5.06. The van der Waals surface area contributed by atoms with Gasteiger partial charge in [-0.15, -0.1) is 0 Å². The molecule has 0 spiro atoms. The summed E-state index contributed by atoms with van der Waals surface area (Å²) in [6.07, 6.45) is -1.29. The number of nitrogens with one attached hydrogen (secondary N) is 1. The Morgan fingerprint density at radius 2 is 2.00 bits per heavy atom. The highest BCUT2D eigenvalue weighted by Crippen LogP contribution is 2.39. The molecule has 1 unspecified atom stereocenters. The van der Waals surface area contributed by atoms with Gasteiger partial charge in [0.2, 0.25) is 0 Å². The Hall–Kier alpha value is -4.29. The number of halogens is 4. The summed E-state index contributed by atoms with van der Waals surface area (Å²) in [6.45, 7) is -0.156. The third-order valence-electron chi connectivity index (χ3n) is 6.58. The van der Waals surface area contributed by atoms with Crippen molar-refractivity contribution in [3.8, 4) is 17.2 Å². The first-order chi connectivity index (χ1) is 19.7. The molecule has 9 nitrogen and oxygen atoms in total. The number of aliphatic hydroxyl groups is 1. The fourth-order valence-electron chi connectivity index (χ4n) is 4.67. The number of hydrogen-bond donors (Lipinski definition) is 2. The Kier molecular flexibility index (Phi) is 8.04. The molecule has 1 aliphatic heterocycles. The maximum atomic E-state index is 14.2. The third-order valence-corrected chi connectivity index (χ3v) is 6.81. The van der Waals surface area contributed by atoms with Gasteiger partial charge in [0.25, 0.3) is 5.91 Å². The van der Waals surface area contributed by atoms with Gasteiger partial charge in [-0.2, -0.15) is 18.3 Å². The van der Waals surface area contributed by atoms with Gasteiger partial charge in [0, 0.05) is 40.6 Å². The zero-order chi connectivity index (χ0) is 29.1. The molecule has 214 valence electrons. The van der Waals surface area contributed by atoms with Crippen molar-refractivity contribution in [1.29, 1.82) is 0 Å². The number of ether oxygens (including phenoxy) is 2. The maximum Gasteiger partial charge on any atom is 0.416 e. The molecule has 1 aliphatic rings. The number of anilines is 2. The smallest absolute Gasteiger partial charge is 0.416 e. The maximum absolute atomic E-state index is 14.2. The molecule has 0 saturated heterocycles. The average molecular weight is 588 g/mol. The SMILES string of the molecule is COc1cc(NC(C(=O)N2CCc3ccc(C(F)(F)F)cc32)c2ccc(Cl)cc2OCCO)cc(-n2cncn2)c1. The summed E-state index contributed by atoms with van der Waals surface area (Å²) in [5, 5.41) is 17.1. The molecule has 2 heterocycles. The molecule has 41 heavy (non-hydrogen) atoms. The molecule has 1 aromatic heterocycles. The van der Waals surface area contributed by atoms with Crippen LogP contribution in [0.15, 0.2) is 67.3 Å². The van der Waals surface area contributed by atoms with Crippen LogP contribution in [-0.4, -0.2) is 52.6 Å². The predicted molar refractivity (Wildman–Crippen MR) is 146 cm³/mol. The molecule has 0 aliphatic carbocycles. The van der Waals surface area contributed by atoms with Crippen LogP contribution < -0.4 is 19.7 Å². The van der Waals surface area contributed by atoms with E-state index in [4.69, 9.17) is 21.1 Å². The van der Waals surface area contributed by atoms with Crippen molar-refractivity contribution in [3.05, 3.63) is 89.0 Å². The van der Waals surface area contributed by atoms with Crippen LogP contribution in [0.5, 0.6) is 11.5 Å². The van der Waals surface area contributed by atoms with Gasteiger partial charge in [-0.05, 0) is 42.3 Å². The average Bonchev–Trinajstić information content (AvgIpc) is 3.64. The van der Waals surface area contributed by atoms with Crippen molar-refractivity contribution in [3.63, 3.8) is 0 Å². The van der Waals surface area contributed by atoms with Gasteiger partial charge in [-0.1, -0.05) is 23.7 Å². The number of aromatic nitrogens is 3. The molecular formula is C28H25ClF3N5O4. The molecule has 0 radical (unpaired) electrons. The summed E-state index contributed by atoms with van der Waals surface area (Å²) >= 11 is 6.21. The Labute approximate surface area is 238 Å². The van der Waals surface area contributed by atoms with Crippen molar-refractivity contribution < 1.29 is 32.5 Å². The molecule has 5 rings (SSSR count). The van der Waals surface area contributed by atoms with E-state index in [1.54, 1.807) is 30.3 Å². The normalized spacial score (nSPS) is 13.6. The van der Waals surface area contributed by atoms with Gasteiger partial charge in [0.05, 0.1) is 25.0 Å². The summed E-state index contributed by atoms with van der Waals surface area (Å²) in [6, 6.07) is 12.1. The molecule has 13 heteroatoms. The van der Waals surface area contributed by atoms with Crippen LogP contribution in [0.3, 0.4) is 0 Å². The van der Waals surface area contributed by atoms with Gasteiger partial charge in [-0.25, -0.2) is 9.67 Å². The molecule has 0 fully saturated rings. The Bertz CT molecular complexity index is 1550. The fourth-order valence-corrected chi connectivity index (χ4v) is 4.83. The fraction of sp³-hybridized carbons (Fsp3) is 0.250. The molecule has 3 aromatic carbocycles. The summed E-state index contributed by atoms with van der Waals surface area (Å²) in [5.41, 5.74) is 1.40. The number of carbonyl (C=O) groups is 1. The van der Waals surface area contributed by atoms with Gasteiger partial charge in [0.15, 0.2) is 0 Å². The second-order valence-corrected chi connectivity index (χ2v) is 9.61. The van der Waals surface area contributed by atoms with Crippen LogP contribution >= 0.6 is 11.6 Å². The van der Waals surface area contributed by atoms with E-state index in [1.807, 2.05) is 0 Å². The van der Waals surface area contributed by atoms with Crippen LogP contribution in [0.1, 0.15) is 22.7 Å². The molecular weight excluding hydrogens is 563 g/mol. The summed E-state index contributed by atoms with van der Waals surface area (Å²) in [7, 11) is 1.49. The number of methoxy groups -OCH3 is 1. The van der Waals surface area contributed by atoms with Gasteiger partial charge >= 0.3 is 6.18 Å². The highest BCUT2D eigenvalue weighted by molar-refractivity contribution is 6.30. The standard InChI is InChI=1S/C28H25ClF3N5O4/c1-40-22-13-20(12-21(14-22)37-16-33-15-34-37)35-26(23-5-4-19(29)11-25(23)41-9-8-38)27(39)36-7-6-17-2-3-18(10-24(17)36)28(30,31)32/h2-5,10-16,26,35,38H,6-9H2,1H3. The van der Waals surface area contributed by atoms with E-state index < -0.39 is 23.7 Å². The number of fused-ring (bicyclic) bond motifs is 1. The molecule has 1 atom stereocenters. The number of hydrogen-bond acceptors (Lipinski definition) is 7. The first kappa shape index (κ1) is 28.2. The third kappa shape index (κ3) is 6.08.